The van der Waals surface area contributed by atoms with Gasteiger partial charge in [-0.3, -0.25) is 5.32 Å². The van der Waals surface area contributed by atoms with Crippen LogP contribution in [0.4, 0.5) is 15.5 Å². The summed E-state index contributed by atoms with van der Waals surface area (Å²) < 4.78 is 0. The number of nitrogens with one attached hydrogen (secondary N) is 2. The Bertz CT molecular complexity index is 672. The van der Waals surface area contributed by atoms with E-state index in [4.69, 9.17) is 28.3 Å². The molecule has 0 atom stereocenters. The Balaban J connectivity index is 2.01. The molecule has 0 spiro atoms. The molecule has 0 aliphatic carbocycles. The zero-order valence-corrected chi connectivity index (χ0v) is 12.1. The number of rotatable bonds is 3. The Hall–Kier alpha value is -1.76. The molecule has 20 heavy (non-hydrogen) atoms. The molecule has 1 aromatic carbocycles. The highest BCUT2D eigenvalue weighted by molar-refractivity contribution is 7.18. The fourth-order valence-electron chi connectivity index (χ4n) is 1.37. The van der Waals surface area contributed by atoms with Crippen LogP contribution in [-0.2, 0) is 0 Å². The van der Waals surface area contributed by atoms with Gasteiger partial charge in [-0.1, -0.05) is 23.2 Å². The summed E-state index contributed by atoms with van der Waals surface area (Å²) in [6, 6.07) is 7.12. The lowest BCUT2D eigenvalue weighted by Gasteiger charge is -2.06. The molecular weight excluding hydrogens is 323 g/mol. The normalized spacial score (nSPS) is 10.1. The number of carboxylic acids is 1. The van der Waals surface area contributed by atoms with Gasteiger partial charge in [-0.05, 0) is 30.3 Å². The Morgan fingerprint density at radius 2 is 1.80 bits per heavy atom. The van der Waals surface area contributed by atoms with E-state index < -0.39 is 12.0 Å². The third kappa shape index (κ3) is 3.63. The quantitative estimate of drug-likeness (QED) is 0.780. The number of anilines is 2. The predicted molar refractivity (Wildman–Crippen MR) is 80.4 cm³/mol. The first-order valence-corrected chi connectivity index (χ1v) is 6.89. The van der Waals surface area contributed by atoms with Crippen LogP contribution in [0.3, 0.4) is 0 Å². The molecule has 0 radical (unpaired) electrons. The molecule has 2 aromatic rings. The SMILES string of the molecule is O=C(Nc1ccc(Cl)c(Cl)c1)Nc1ccc(C(=O)O)s1. The molecule has 0 aliphatic rings. The van der Waals surface area contributed by atoms with Gasteiger partial charge in [-0.2, -0.15) is 0 Å². The molecule has 1 heterocycles. The van der Waals surface area contributed by atoms with Crippen molar-refractivity contribution in [2.45, 2.75) is 0 Å². The first-order valence-electron chi connectivity index (χ1n) is 5.32. The molecule has 2 rings (SSSR count). The topological polar surface area (TPSA) is 78.4 Å². The van der Waals surface area contributed by atoms with E-state index in [9.17, 15) is 9.59 Å². The lowest BCUT2D eigenvalue weighted by molar-refractivity contribution is 0.0702. The van der Waals surface area contributed by atoms with E-state index in [0.29, 0.717) is 20.7 Å². The number of carbonyl (C=O) groups excluding carboxylic acids is 1. The molecule has 1 aromatic heterocycles. The number of thiophene rings is 1. The van der Waals surface area contributed by atoms with Crippen molar-refractivity contribution in [3.05, 3.63) is 45.3 Å². The standard InChI is InChI=1S/C12H8Cl2N2O3S/c13-7-2-1-6(5-8(7)14)15-12(19)16-10-4-3-9(20-10)11(17)18/h1-5H,(H,17,18)(H2,15,16,19). The van der Waals surface area contributed by atoms with Gasteiger partial charge in [0, 0.05) is 5.69 Å². The first-order chi connectivity index (χ1) is 9.45. The summed E-state index contributed by atoms with van der Waals surface area (Å²) in [6.45, 7) is 0. The molecule has 0 fully saturated rings. The second kappa shape index (κ2) is 6.13. The number of urea groups is 1. The van der Waals surface area contributed by atoms with E-state index in [1.165, 1.54) is 18.2 Å². The predicted octanol–water partition coefficient (Wildman–Crippen LogP) is 4.40. The van der Waals surface area contributed by atoms with Crippen LogP contribution in [-0.4, -0.2) is 17.1 Å². The molecule has 0 saturated carbocycles. The number of carbonyl (C=O) groups is 2. The van der Waals surface area contributed by atoms with E-state index in [-0.39, 0.29) is 4.88 Å². The second-order valence-electron chi connectivity index (χ2n) is 3.68. The van der Waals surface area contributed by atoms with Gasteiger partial charge in [0.15, 0.2) is 0 Å². The fraction of sp³-hybridized carbons (Fsp3) is 0. The van der Waals surface area contributed by atoms with Crippen molar-refractivity contribution in [1.29, 1.82) is 0 Å². The van der Waals surface area contributed by atoms with Gasteiger partial charge >= 0.3 is 12.0 Å². The van der Waals surface area contributed by atoms with Crippen LogP contribution in [0.5, 0.6) is 0 Å². The minimum atomic E-state index is -1.03. The highest BCUT2D eigenvalue weighted by Crippen LogP contribution is 2.25. The van der Waals surface area contributed by atoms with Gasteiger partial charge in [0.05, 0.1) is 15.0 Å². The molecule has 0 saturated heterocycles. The first kappa shape index (κ1) is 14.6. The monoisotopic (exact) mass is 330 g/mol. The number of aromatic carboxylic acids is 1. The smallest absolute Gasteiger partial charge is 0.345 e. The lowest BCUT2D eigenvalue weighted by Crippen LogP contribution is -2.18. The Morgan fingerprint density at radius 3 is 2.40 bits per heavy atom. The highest BCUT2D eigenvalue weighted by Gasteiger charge is 2.09. The molecular formula is C12H8Cl2N2O3S. The Morgan fingerprint density at radius 1 is 1.05 bits per heavy atom. The molecule has 104 valence electrons. The fourth-order valence-corrected chi connectivity index (χ4v) is 2.41. The van der Waals surface area contributed by atoms with Gasteiger partial charge in [-0.15, -0.1) is 11.3 Å². The van der Waals surface area contributed by atoms with E-state index in [2.05, 4.69) is 10.6 Å². The highest BCUT2D eigenvalue weighted by atomic mass is 35.5. The van der Waals surface area contributed by atoms with Crippen LogP contribution >= 0.6 is 34.5 Å². The van der Waals surface area contributed by atoms with Gasteiger partial charge in [0.1, 0.15) is 4.88 Å². The van der Waals surface area contributed by atoms with E-state index in [1.807, 2.05) is 0 Å². The summed E-state index contributed by atoms with van der Waals surface area (Å²) in [5, 5.41) is 15.0. The van der Waals surface area contributed by atoms with Crippen molar-refractivity contribution >= 4 is 57.2 Å². The molecule has 0 unspecified atom stereocenters. The summed E-state index contributed by atoms with van der Waals surface area (Å²) in [5.41, 5.74) is 0.479. The van der Waals surface area contributed by atoms with Crippen LogP contribution in [0.25, 0.3) is 0 Å². The molecule has 5 nitrogen and oxygen atoms in total. The number of benzene rings is 1. The molecule has 2 amide bonds. The average molecular weight is 331 g/mol. The van der Waals surface area contributed by atoms with Gasteiger partial charge in [-0.25, -0.2) is 9.59 Å². The average Bonchev–Trinajstić information content (AvgIpc) is 2.82. The Kier molecular flexibility index (Phi) is 4.49. The number of halogens is 2. The van der Waals surface area contributed by atoms with E-state index in [0.717, 1.165) is 11.3 Å². The van der Waals surface area contributed by atoms with Crippen molar-refractivity contribution in [2.75, 3.05) is 10.6 Å². The number of hydrogen-bond acceptors (Lipinski definition) is 3. The minimum absolute atomic E-state index is 0.148. The second-order valence-corrected chi connectivity index (χ2v) is 5.58. The number of amides is 2. The summed E-state index contributed by atoms with van der Waals surface area (Å²) in [5.74, 6) is -1.03. The zero-order valence-electron chi connectivity index (χ0n) is 9.81. The maximum Gasteiger partial charge on any atom is 0.345 e. The molecule has 8 heteroatoms. The zero-order chi connectivity index (χ0) is 14.7. The third-order valence-corrected chi connectivity index (χ3v) is 3.96. The van der Waals surface area contributed by atoms with Crippen LogP contribution < -0.4 is 10.6 Å². The minimum Gasteiger partial charge on any atom is -0.477 e. The van der Waals surface area contributed by atoms with Crippen molar-refractivity contribution in [3.8, 4) is 0 Å². The van der Waals surface area contributed by atoms with Crippen molar-refractivity contribution in [2.24, 2.45) is 0 Å². The van der Waals surface area contributed by atoms with Crippen LogP contribution in [0, 0.1) is 0 Å². The largest absolute Gasteiger partial charge is 0.477 e. The van der Waals surface area contributed by atoms with Gasteiger partial charge in [0.2, 0.25) is 0 Å². The number of carboxylic acid groups (broad SMARTS) is 1. The molecule has 0 aliphatic heterocycles. The number of hydrogen-bond donors (Lipinski definition) is 3. The van der Waals surface area contributed by atoms with Crippen molar-refractivity contribution in [1.82, 2.24) is 0 Å². The van der Waals surface area contributed by atoms with Crippen LogP contribution in [0.15, 0.2) is 30.3 Å². The van der Waals surface area contributed by atoms with Gasteiger partial charge < -0.3 is 10.4 Å². The van der Waals surface area contributed by atoms with Crippen LogP contribution in [0.1, 0.15) is 9.67 Å². The van der Waals surface area contributed by atoms with Gasteiger partial charge in [0.25, 0.3) is 0 Å². The van der Waals surface area contributed by atoms with Crippen molar-refractivity contribution < 1.29 is 14.7 Å². The van der Waals surface area contributed by atoms with E-state index >= 15 is 0 Å². The maximum absolute atomic E-state index is 11.7. The third-order valence-electron chi connectivity index (χ3n) is 2.23. The molecule has 3 N–H and O–H groups in total. The summed E-state index contributed by atoms with van der Waals surface area (Å²) >= 11 is 12.6. The lowest BCUT2D eigenvalue weighted by atomic mass is 10.3. The summed E-state index contributed by atoms with van der Waals surface area (Å²) in [4.78, 5) is 22.6. The van der Waals surface area contributed by atoms with Crippen LogP contribution in [0.2, 0.25) is 10.0 Å². The summed E-state index contributed by atoms with van der Waals surface area (Å²) in [7, 11) is 0. The maximum atomic E-state index is 11.7. The summed E-state index contributed by atoms with van der Waals surface area (Å²) in [6.07, 6.45) is 0. The van der Waals surface area contributed by atoms with E-state index in [1.54, 1.807) is 12.1 Å². The molecule has 0 bridgehead atoms. The van der Waals surface area contributed by atoms with Crippen molar-refractivity contribution in [3.63, 3.8) is 0 Å². The Labute approximate surface area is 128 Å².